The second kappa shape index (κ2) is 4.89. The molecule has 3 aromatic rings. The van der Waals surface area contributed by atoms with Gasteiger partial charge in [-0.25, -0.2) is 4.98 Å². The third kappa shape index (κ3) is 2.44. The minimum atomic E-state index is -0.128. The van der Waals surface area contributed by atoms with Gasteiger partial charge in [-0.15, -0.1) is 0 Å². The molecule has 0 aliphatic carbocycles. The quantitative estimate of drug-likeness (QED) is 0.638. The summed E-state index contributed by atoms with van der Waals surface area (Å²) < 4.78 is 0. The van der Waals surface area contributed by atoms with Crippen molar-refractivity contribution in [2.45, 2.75) is 6.42 Å². The Hall–Kier alpha value is -2.70. The third-order valence-electron chi connectivity index (χ3n) is 2.78. The number of amides is 1. The van der Waals surface area contributed by atoms with E-state index in [9.17, 15) is 4.79 Å². The Labute approximate surface area is 108 Å². The number of carbonyl (C=O) groups is 1. The van der Waals surface area contributed by atoms with Gasteiger partial charge in [-0.05, 0) is 18.2 Å². The van der Waals surface area contributed by atoms with Crippen LogP contribution in [-0.4, -0.2) is 37.8 Å². The largest absolute Gasteiger partial charge is 0.352 e. The number of aromatic nitrogens is 5. The van der Waals surface area contributed by atoms with E-state index in [0.29, 0.717) is 24.0 Å². The number of benzene rings is 1. The number of rotatable bonds is 4. The van der Waals surface area contributed by atoms with Crippen molar-refractivity contribution >= 4 is 16.9 Å². The van der Waals surface area contributed by atoms with Gasteiger partial charge in [-0.1, -0.05) is 0 Å². The highest BCUT2D eigenvalue weighted by Gasteiger charge is 2.07. The number of hydrogen-bond donors (Lipinski definition) is 3. The number of nitrogens with one attached hydrogen (secondary N) is 3. The Morgan fingerprint density at radius 3 is 3.00 bits per heavy atom. The van der Waals surface area contributed by atoms with Gasteiger partial charge in [-0.2, -0.15) is 15.4 Å². The molecule has 7 heteroatoms. The summed E-state index contributed by atoms with van der Waals surface area (Å²) in [6.07, 6.45) is 4.12. The van der Waals surface area contributed by atoms with Crippen LogP contribution in [0, 0.1) is 0 Å². The van der Waals surface area contributed by atoms with E-state index in [1.165, 1.54) is 0 Å². The summed E-state index contributed by atoms with van der Waals surface area (Å²) in [5, 5.41) is 13.2. The van der Waals surface area contributed by atoms with Gasteiger partial charge in [0, 0.05) is 30.9 Å². The van der Waals surface area contributed by atoms with E-state index in [4.69, 9.17) is 0 Å². The molecule has 0 bridgehead atoms. The zero-order valence-electron chi connectivity index (χ0n) is 10.1. The molecule has 3 N–H and O–H groups in total. The first-order chi connectivity index (χ1) is 9.33. The highest BCUT2D eigenvalue weighted by atomic mass is 16.1. The molecule has 2 heterocycles. The van der Waals surface area contributed by atoms with Crippen LogP contribution in [0.5, 0.6) is 0 Å². The summed E-state index contributed by atoms with van der Waals surface area (Å²) >= 11 is 0. The summed E-state index contributed by atoms with van der Waals surface area (Å²) in [6, 6.07) is 5.20. The van der Waals surface area contributed by atoms with E-state index in [1.807, 2.05) is 0 Å². The predicted molar refractivity (Wildman–Crippen MR) is 68.5 cm³/mol. The molecule has 7 nitrogen and oxygen atoms in total. The topological polar surface area (TPSA) is 99.4 Å². The fourth-order valence-electron chi connectivity index (χ4n) is 1.81. The molecule has 0 aliphatic heterocycles. The lowest BCUT2D eigenvalue weighted by Gasteiger charge is -2.03. The van der Waals surface area contributed by atoms with E-state index in [1.54, 1.807) is 30.6 Å². The summed E-state index contributed by atoms with van der Waals surface area (Å²) in [5.74, 6) is 0.726. The first kappa shape index (κ1) is 11.4. The van der Waals surface area contributed by atoms with Crippen LogP contribution in [0.15, 0.2) is 30.6 Å². The smallest absolute Gasteiger partial charge is 0.251 e. The number of aromatic amines is 2. The maximum Gasteiger partial charge on any atom is 0.251 e. The van der Waals surface area contributed by atoms with Gasteiger partial charge in [0.05, 0.1) is 0 Å². The lowest BCUT2D eigenvalue weighted by atomic mass is 10.2. The molecule has 0 radical (unpaired) electrons. The molecule has 0 saturated heterocycles. The van der Waals surface area contributed by atoms with Crippen molar-refractivity contribution in [3.8, 4) is 0 Å². The highest BCUT2D eigenvalue weighted by Crippen LogP contribution is 2.10. The molecule has 0 unspecified atom stereocenters. The number of nitrogens with zero attached hydrogens (tertiary/aromatic N) is 3. The van der Waals surface area contributed by atoms with E-state index in [-0.39, 0.29) is 5.91 Å². The molecule has 0 aliphatic rings. The standard InChI is InChI=1S/C12H12N6O/c19-12(15-4-3-11-13-5-6-14-11)8-1-2-9-10(7-8)17-18-16-9/h1-2,5-7H,3-4H2,(H,13,14)(H,15,19)(H,16,17,18). The Morgan fingerprint density at radius 2 is 2.16 bits per heavy atom. The zero-order chi connectivity index (χ0) is 13.1. The van der Waals surface area contributed by atoms with Gasteiger partial charge in [0.15, 0.2) is 0 Å². The first-order valence-corrected chi connectivity index (χ1v) is 5.90. The molecule has 0 atom stereocenters. The molecule has 19 heavy (non-hydrogen) atoms. The van der Waals surface area contributed by atoms with Crippen LogP contribution in [0.3, 0.4) is 0 Å². The number of fused-ring (bicyclic) bond motifs is 1. The Bertz CT molecular complexity index is 687. The molecule has 96 valence electrons. The predicted octanol–water partition coefficient (Wildman–Crippen LogP) is 0.653. The Kier molecular flexibility index (Phi) is 2.93. The van der Waals surface area contributed by atoms with Crippen LogP contribution in [0.4, 0.5) is 0 Å². The minimum absolute atomic E-state index is 0.128. The number of H-pyrrole nitrogens is 2. The monoisotopic (exact) mass is 256 g/mol. The normalized spacial score (nSPS) is 10.7. The molecule has 0 spiro atoms. The van der Waals surface area contributed by atoms with E-state index in [0.717, 1.165) is 11.3 Å². The first-order valence-electron chi connectivity index (χ1n) is 5.90. The SMILES string of the molecule is O=C(NCCc1ncc[nH]1)c1ccc2n[nH]nc2c1. The van der Waals surface area contributed by atoms with E-state index >= 15 is 0 Å². The summed E-state index contributed by atoms with van der Waals surface area (Å²) in [4.78, 5) is 19.0. The van der Waals surface area contributed by atoms with Crippen molar-refractivity contribution < 1.29 is 4.79 Å². The van der Waals surface area contributed by atoms with Gasteiger partial charge < -0.3 is 10.3 Å². The van der Waals surface area contributed by atoms with Crippen molar-refractivity contribution in [3.05, 3.63) is 42.0 Å². The fourth-order valence-corrected chi connectivity index (χ4v) is 1.81. The molecule has 0 fully saturated rings. The molecule has 1 amide bonds. The lowest BCUT2D eigenvalue weighted by molar-refractivity contribution is 0.0954. The van der Waals surface area contributed by atoms with Crippen molar-refractivity contribution in [2.75, 3.05) is 6.54 Å². The van der Waals surface area contributed by atoms with Gasteiger partial charge >= 0.3 is 0 Å². The highest BCUT2D eigenvalue weighted by molar-refractivity contribution is 5.97. The zero-order valence-corrected chi connectivity index (χ0v) is 10.1. The summed E-state index contributed by atoms with van der Waals surface area (Å²) in [7, 11) is 0. The second-order valence-electron chi connectivity index (χ2n) is 4.07. The average molecular weight is 256 g/mol. The average Bonchev–Trinajstić information content (AvgIpc) is 3.08. The van der Waals surface area contributed by atoms with Crippen LogP contribution >= 0.6 is 0 Å². The van der Waals surface area contributed by atoms with Gasteiger partial charge in [0.25, 0.3) is 5.91 Å². The van der Waals surface area contributed by atoms with Crippen LogP contribution in [0.25, 0.3) is 11.0 Å². The number of hydrogen-bond acceptors (Lipinski definition) is 4. The molecule has 1 aromatic carbocycles. The van der Waals surface area contributed by atoms with Crippen molar-refractivity contribution in [3.63, 3.8) is 0 Å². The van der Waals surface area contributed by atoms with Gasteiger partial charge in [-0.3, -0.25) is 4.79 Å². The van der Waals surface area contributed by atoms with Crippen molar-refractivity contribution in [1.82, 2.24) is 30.7 Å². The molecule has 0 saturated carbocycles. The van der Waals surface area contributed by atoms with Crippen molar-refractivity contribution in [1.29, 1.82) is 0 Å². The van der Waals surface area contributed by atoms with Gasteiger partial charge in [0.1, 0.15) is 16.9 Å². The number of imidazole rings is 1. The van der Waals surface area contributed by atoms with E-state index in [2.05, 4.69) is 30.7 Å². The molecular formula is C12H12N6O. The lowest BCUT2D eigenvalue weighted by Crippen LogP contribution is -2.25. The van der Waals surface area contributed by atoms with Crippen LogP contribution in [-0.2, 0) is 6.42 Å². The Balaban J connectivity index is 1.63. The maximum atomic E-state index is 11.9. The van der Waals surface area contributed by atoms with Crippen LogP contribution in [0.2, 0.25) is 0 Å². The number of carbonyl (C=O) groups excluding carboxylic acids is 1. The van der Waals surface area contributed by atoms with Crippen LogP contribution < -0.4 is 5.32 Å². The minimum Gasteiger partial charge on any atom is -0.352 e. The summed E-state index contributed by atoms with van der Waals surface area (Å²) in [6.45, 7) is 0.531. The van der Waals surface area contributed by atoms with Crippen LogP contribution in [0.1, 0.15) is 16.2 Å². The van der Waals surface area contributed by atoms with E-state index < -0.39 is 0 Å². The maximum absolute atomic E-state index is 11.9. The molecule has 3 rings (SSSR count). The molecular weight excluding hydrogens is 244 g/mol. The summed E-state index contributed by atoms with van der Waals surface area (Å²) in [5.41, 5.74) is 1.99. The Morgan fingerprint density at radius 1 is 1.26 bits per heavy atom. The second-order valence-corrected chi connectivity index (χ2v) is 4.07. The molecule has 2 aromatic heterocycles. The fraction of sp³-hybridized carbons (Fsp3) is 0.167. The third-order valence-corrected chi connectivity index (χ3v) is 2.78. The van der Waals surface area contributed by atoms with Gasteiger partial charge in [0.2, 0.25) is 0 Å². The van der Waals surface area contributed by atoms with Crippen molar-refractivity contribution in [2.24, 2.45) is 0 Å².